The molecule has 6 nitrogen and oxygen atoms in total. The highest BCUT2D eigenvalue weighted by molar-refractivity contribution is 7.15. The summed E-state index contributed by atoms with van der Waals surface area (Å²) in [6, 6.07) is 9.74. The third kappa shape index (κ3) is 2.95. The normalized spacial score (nSPS) is 14.5. The van der Waals surface area contributed by atoms with Crippen molar-refractivity contribution in [2.45, 2.75) is 19.5 Å². The number of aromatic nitrogens is 3. The van der Waals surface area contributed by atoms with E-state index in [-0.39, 0.29) is 5.56 Å². The van der Waals surface area contributed by atoms with Crippen LogP contribution in [0.5, 0.6) is 0 Å². The molecule has 7 heteroatoms. The van der Waals surface area contributed by atoms with Crippen LogP contribution in [-0.4, -0.2) is 26.4 Å². The monoisotopic (exact) mass is 339 g/mol. The van der Waals surface area contributed by atoms with Gasteiger partial charge in [-0.15, -0.1) is 11.3 Å². The smallest absolute Gasteiger partial charge is 0.255 e. The van der Waals surface area contributed by atoms with Crippen LogP contribution in [0.2, 0.25) is 0 Å². The van der Waals surface area contributed by atoms with E-state index in [0.717, 1.165) is 41.2 Å². The molecule has 122 valence electrons. The molecular formula is C17H17N5OS. The fourth-order valence-corrected chi connectivity index (χ4v) is 3.69. The van der Waals surface area contributed by atoms with Crippen molar-refractivity contribution >= 4 is 16.5 Å². The Morgan fingerprint density at radius 3 is 2.88 bits per heavy atom. The Morgan fingerprint density at radius 2 is 2.12 bits per heavy atom. The highest BCUT2D eigenvalue weighted by Gasteiger charge is 2.22. The van der Waals surface area contributed by atoms with Crippen LogP contribution in [-0.2, 0) is 19.5 Å². The average molecular weight is 339 g/mol. The summed E-state index contributed by atoms with van der Waals surface area (Å²) in [6.07, 6.45) is 2.57. The molecule has 0 bridgehead atoms. The van der Waals surface area contributed by atoms with Gasteiger partial charge < -0.3 is 10.7 Å². The standard InChI is InChI=1S/C17H17N5OS/c18-17-19-8-12(24-17)9-22-7-6-14-13(10-22)16(23)21-15(20-14)11-4-2-1-3-5-11/h1-5,8H,6-7,9-10H2,(H2,18,19)(H,20,21,23). The van der Waals surface area contributed by atoms with Gasteiger partial charge in [-0.25, -0.2) is 9.97 Å². The van der Waals surface area contributed by atoms with E-state index in [1.54, 1.807) is 6.20 Å². The van der Waals surface area contributed by atoms with Gasteiger partial charge in [0.1, 0.15) is 5.82 Å². The Labute approximate surface area is 143 Å². The van der Waals surface area contributed by atoms with Gasteiger partial charge in [0.15, 0.2) is 5.13 Å². The first-order valence-corrected chi connectivity index (χ1v) is 8.61. The van der Waals surface area contributed by atoms with Crippen LogP contribution in [0.3, 0.4) is 0 Å². The fourth-order valence-electron chi connectivity index (χ4n) is 2.96. The SMILES string of the molecule is Nc1ncc(CN2CCc3nc(-c4ccccc4)[nH]c(=O)c3C2)s1. The molecule has 0 unspecified atom stereocenters. The van der Waals surface area contributed by atoms with E-state index in [0.29, 0.717) is 17.5 Å². The number of nitrogen functional groups attached to an aromatic ring is 1. The number of rotatable bonds is 3. The molecule has 24 heavy (non-hydrogen) atoms. The number of nitrogens with one attached hydrogen (secondary N) is 1. The van der Waals surface area contributed by atoms with Gasteiger partial charge in [0.25, 0.3) is 5.56 Å². The van der Waals surface area contributed by atoms with Gasteiger partial charge >= 0.3 is 0 Å². The zero-order chi connectivity index (χ0) is 16.5. The molecule has 0 saturated carbocycles. The van der Waals surface area contributed by atoms with Crippen molar-refractivity contribution in [1.29, 1.82) is 0 Å². The van der Waals surface area contributed by atoms with Crippen LogP contribution in [0.25, 0.3) is 11.4 Å². The lowest BCUT2D eigenvalue weighted by Gasteiger charge is -2.27. The highest BCUT2D eigenvalue weighted by atomic mass is 32.1. The average Bonchev–Trinajstić information content (AvgIpc) is 3.01. The van der Waals surface area contributed by atoms with E-state index >= 15 is 0 Å². The summed E-state index contributed by atoms with van der Waals surface area (Å²) < 4.78 is 0. The molecular weight excluding hydrogens is 322 g/mol. The van der Waals surface area contributed by atoms with Gasteiger partial charge in [-0.05, 0) is 0 Å². The molecule has 3 aromatic rings. The van der Waals surface area contributed by atoms with Gasteiger partial charge in [-0.1, -0.05) is 30.3 Å². The van der Waals surface area contributed by atoms with E-state index < -0.39 is 0 Å². The van der Waals surface area contributed by atoms with E-state index in [2.05, 4.69) is 19.9 Å². The number of aromatic amines is 1. The molecule has 0 amide bonds. The van der Waals surface area contributed by atoms with Gasteiger partial charge in [-0.2, -0.15) is 0 Å². The molecule has 3 N–H and O–H groups in total. The fraction of sp³-hybridized carbons (Fsp3) is 0.235. The summed E-state index contributed by atoms with van der Waals surface area (Å²) in [6.45, 7) is 2.23. The Hall–Kier alpha value is -2.51. The Morgan fingerprint density at radius 1 is 1.29 bits per heavy atom. The van der Waals surface area contributed by atoms with Crippen LogP contribution >= 0.6 is 11.3 Å². The molecule has 4 rings (SSSR count). The van der Waals surface area contributed by atoms with Crippen LogP contribution < -0.4 is 11.3 Å². The summed E-state index contributed by atoms with van der Waals surface area (Å²) in [5, 5.41) is 0.578. The maximum absolute atomic E-state index is 12.5. The summed E-state index contributed by atoms with van der Waals surface area (Å²) >= 11 is 1.49. The second kappa shape index (κ2) is 6.18. The zero-order valence-electron chi connectivity index (χ0n) is 13.0. The minimum Gasteiger partial charge on any atom is -0.375 e. The molecule has 0 aliphatic carbocycles. The van der Waals surface area contributed by atoms with Gasteiger partial charge in [0, 0.05) is 42.7 Å². The molecule has 0 atom stereocenters. The second-order valence-corrected chi connectivity index (χ2v) is 6.98. The summed E-state index contributed by atoms with van der Waals surface area (Å²) in [5.74, 6) is 0.642. The first-order valence-electron chi connectivity index (χ1n) is 7.79. The van der Waals surface area contributed by atoms with Crippen molar-refractivity contribution < 1.29 is 0 Å². The molecule has 1 aliphatic heterocycles. The maximum atomic E-state index is 12.5. The van der Waals surface area contributed by atoms with Gasteiger partial charge in [-0.3, -0.25) is 9.69 Å². The van der Waals surface area contributed by atoms with Crippen LogP contribution in [0.15, 0.2) is 41.3 Å². The Bertz CT molecular complexity index is 918. The maximum Gasteiger partial charge on any atom is 0.255 e. The van der Waals surface area contributed by atoms with Crippen molar-refractivity contribution in [2.75, 3.05) is 12.3 Å². The number of benzene rings is 1. The summed E-state index contributed by atoms with van der Waals surface area (Å²) in [5.41, 5.74) is 8.23. The first kappa shape index (κ1) is 15.0. The number of nitrogens with zero attached hydrogens (tertiary/aromatic N) is 3. The predicted octanol–water partition coefficient (Wildman–Crippen LogP) is 2.03. The highest BCUT2D eigenvalue weighted by Crippen LogP contribution is 2.22. The number of fused-ring (bicyclic) bond motifs is 1. The zero-order valence-corrected chi connectivity index (χ0v) is 13.8. The topological polar surface area (TPSA) is 87.9 Å². The first-order chi connectivity index (χ1) is 11.7. The number of hydrogen-bond donors (Lipinski definition) is 2. The quantitative estimate of drug-likeness (QED) is 0.762. The molecule has 0 spiro atoms. The lowest BCUT2D eigenvalue weighted by atomic mass is 10.1. The number of hydrogen-bond acceptors (Lipinski definition) is 6. The molecule has 2 aromatic heterocycles. The van der Waals surface area contributed by atoms with E-state index in [1.807, 2.05) is 30.3 Å². The van der Waals surface area contributed by atoms with Crippen LogP contribution in [0, 0.1) is 0 Å². The summed E-state index contributed by atoms with van der Waals surface area (Å²) in [4.78, 5) is 27.5. The minimum atomic E-state index is -0.0487. The van der Waals surface area contributed by atoms with E-state index in [9.17, 15) is 4.79 Å². The second-order valence-electron chi connectivity index (χ2n) is 5.83. The van der Waals surface area contributed by atoms with E-state index in [4.69, 9.17) is 5.73 Å². The molecule has 0 fully saturated rings. The Balaban J connectivity index is 1.59. The van der Waals surface area contributed by atoms with Crippen molar-refractivity contribution in [3.05, 3.63) is 63.0 Å². The molecule has 3 heterocycles. The minimum absolute atomic E-state index is 0.0487. The molecule has 1 aromatic carbocycles. The number of anilines is 1. The molecule has 0 radical (unpaired) electrons. The lowest BCUT2D eigenvalue weighted by Crippen LogP contribution is -2.35. The van der Waals surface area contributed by atoms with Crippen molar-refractivity contribution in [2.24, 2.45) is 0 Å². The van der Waals surface area contributed by atoms with Crippen LogP contribution in [0.4, 0.5) is 5.13 Å². The van der Waals surface area contributed by atoms with Crippen molar-refractivity contribution in [3.8, 4) is 11.4 Å². The number of nitrogens with two attached hydrogens (primary N) is 1. The largest absolute Gasteiger partial charge is 0.375 e. The summed E-state index contributed by atoms with van der Waals surface area (Å²) in [7, 11) is 0. The third-order valence-electron chi connectivity index (χ3n) is 4.15. The lowest BCUT2D eigenvalue weighted by molar-refractivity contribution is 0.244. The van der Waals surface area contributed by atoms with Gasteiger partial charge in [0.05, 0.1) is 11.3 Å². The van der Waals surface area contributed by atoms with Crippen molar-refractivity contribution in [1.82, 2.24) is 19.9 Å². The van der Waals surface area contributed by atoms with E-state index in [1.165, 1.54) is 11.3 Å². The molecule has 1 aliphatic rings. The number of H-pyrrole nitrogens is 1. The number of thiazole rings is 1. The Kier molecular flexibility index (Phi) is 3.87. The molecule has 0 saturated heterocycles. The van der Waals surface area contributed by atoms with Crippen LogP contribution in [0.1, 0.15) is 16.1 Å². The van der Waals surface area contributed by atoms with Crippen molar-refractivity contribution in [3.63, 3.8) is 0 Å². The predicted molar refractivity (Wildman–Crippen MR) is 94.6 cm³/mol. The van der Waals surface area contributed by atoms with Gasteiger partial charge in [0.2, 0.25) is 0 Å². The third-order valence-corrected chi connectivity index (χ3v) is 4.96.